The van der Waals surface area contributed by atoms with Gasteiger partial charge in [0.15, 0.2) is 0 Å². The Labute approximate surface area is 117 Å². The van der Waals surface area contributed by atoms with E-state index in [1.54, 1.807) is 26.0 Å². The van der Waals surface area contributed by atoms with Crippen LogP contribution in [0, 0.1) is 23.1 Å². The van der Waals surface area contributed by atoms with E-state index in [0.717, 1.165) is 5.56 Å². The molecule has 0 radical (unpaired) electrons. The number of hydrogen-bond acceptors (Lipinski definition) is 2. The zero-order valence-corrected chi connectivity index (χ0v) is 11.5. The van der Waals surface area contributed by atoms with E-state index in [1.165, 1.54) is 12.1 Å². The lowest BCUT2D eigenvalue weighted by Crippen LogP contribution is -2.29. The maximum absolute atomic E-state index is 13.0. The quantitative estimate of drug-likeness (QED) is 0.864. The van der Waals surface area contributed by atoms with Crippen LogP contribution in [0.25, 0.3) is 0 Å². The number of nitrogens with one attached hydrogen (secondary N) is 1. The third kappa shape index (κ3) is 2.81. The fourth-order valence-electron chi connectivity index (χ4n) is 2.72. The molecule has 1 aliphatic rings. The Morgan fingerprint density at radius 1 is 1.35 bits per heavy atom. The second-order valence-electron chi connectivity index (χ2n) is 5.79. The first-order chi connectivity index (χ1) is 9.34. The largest absolute Gasteiger partial charge is 0.481 e. The lowest BCUT2D eigenvalue weighted by molar-refractivity contribution is -0.140. The van der Waals surface area contributed by atoms with Crippen LogP contribution in [0.1, 0.15) is 19.4 Å². The number of aliphatic carboxylic acids is 1. The summed E-state index contributed by atoms with van der Waals surface area (Å²) in [5.74, 6) is -2.56. The highest BCUT2D eigenvalue weighted by Crippen LogP contribution is 2.58. The van der Waals surface area contributed by atoms with Crippen molar-refractivity contribution in [1.29, 1.82) is 0 Å². The van der Waals surface area contributed by atoms with Crippen molar-refractivity contribution in [3.8, 4) is 0 Å². The molecule has 0 saturated heterocycles. The molecule has 1 aliphatic carbocycles. The number of carboxylic acids is 1. The van der Waals surface area contributed by atoms with Crippen molar-refractivity contribution in [1.82, 2.24) is 5.32 Å². The summed E-state index contributed by atoms with van der Waals surface area (Å²) in [4.78, 5) is 22.9. The SMILES string of the molecule is CC1(C)[C@H](C(=O)O)[C@@H]1C(=O)NCCc1cccc(F)c1. The average Bonchev–Trinajstić information content (AvgIpc) is 2.92. The minimum Gasteiger partial charge on any atom is -0.481 e. The summed E-state index contributed by atoms with van der Waals surface area (Å²) in [6.45, 7) is 3.94. The first-order valence-electron chi connectivity index (χ1n) is 6.59. The van der Waals surface area contributed by atoms with Gasteiger partial charge in [0.1, 0.15) is 5.82 Å². The Morgan fingerprint density at radius 2 is 2.05 bits per heavy atom. The second kappa shape index (κ2) is 5.23. The summed E-state index contributed by atoms with van der Waals surface area (Å²) in [6, 6.07) is 6.20. The number of halogens is 1. The van der Waals surface area contributed by atoms with Crippen molar-refractivity contribution in [2.24, 2.45) is 17.3 Å². The van der Waals surface area contributed by atoms with Gasteiger partial charge in [-0.3, -0.25) is 9.59 Å². The van der Waals surface area contributed by atoms with Gasteiger partial charge in [0.2, 0.25) is 5.91 Å². The molecule has 5 heteroatoms. The number of hydrogen-bond donors (Lipinski definition) is 2. The fraction of sp³-hybridized carbons (Fsp3) is 0.467. The molecular weight excluding hydrogens is 261 g/mol. The van der Waals surface area contributed by atoms with Crippen LogP contribution in [0.4, 0.5) is 4.39 Å². The molecule has 1 fully saturated rings. The molecule has 0 bridgehead atoms. The summed E-state index contributed by atoms with van der Waals surface area (Å²) >= 11 is 0. The molecule has 2 N–H and O–H groups in total. The van der Waals surface area contributed by atoms with Crippen LogP contribution < -0.4 is 5.32 Å². The number of carbonyl (C=O) groups excluding carboxylic acids is 1. The normalized spacial score (nSPS) is 23.1. The Morgan fingerprint density at radius 3 is 2.60 bits per heavy atom. The standard InChI is InChI=1S/C15H18FNO3/c1-15(2)11(12(15)14(19)20)13(18)17-7-6-9-4-3-5-10(16)8-9/h3-5,8,11-12H,6-7H2,1-2H3,(H,17,18)(H,19,20)/t11-,12+/m1/s1. The Bertz CT molecular complexity index is 542. The zero-order valence-electron chi connectivity index (χ0n) is 11.5. The van der Waals surface area contributed by atoms with Crippen molar-refractivity contribution in [2.45, 2.75) is 20.3 Å². The molecular formula is C15H18FNO3. The van der Waals surface area contributed by atoms with E-state index < -0.39 is 23.2 Å². The summed E-state index contributed by atoms with van der Waals surface area (Å²) < 4.78 is 13.0. The highest BCUT2D eigenvalue weighted by molar-refractivity contribution is 5.91. The van der Waals surface area contributed by atoms with Crippen LogP contribution in [-0.2, 0) is 16.0 Å². The number of carbonyl (C=O) groups is 2. The molecule has 1 aromatic carbocycles. The van der Waals surface area contributed by atoms with Crippen molar-refractivity contribution in [3.63, 3.8) is 0 Å². The van der Waals surface area contributed by atoms with Crippen molar-refractivity contribution in [3.05, 3.63) is 35.6 Å². The molecule has 20 heavy (non-hydrogen) atoms. The topological polar surface area (TPSA) is 66.4 Å². The van der Waals surface area contributed by atoms with Gasteiger partial charge in [-0.1, -0.05) is 26.0 Å². The summed E-state index contributed by atoms with van der Waals surface area (Å²) in [7, 11) is 0. The van der Waals surface area contributed by atoms with Crippen LogP contribution in [-0.4, -0.2) is 23.5 Å². The van der Waals surface area contributed by atoms with Gasteiger partial charge in [0, 0.05) is 6.54 Å². The van der Waals surface area contributed by atoms with Gasteiger partial charge in [-0.2, -0.15) is 0 Å². The van der Waals surface area contributed by atoms with E-state index in [2.05, 4.69) is 5.32 Å². The van der Waals surface area contributed by atoms with Gasteiger partial charge in [0.05, 0.1) is 11.8 Å². The van der Waals surface area contributed by atoms with Crippen molar-refractivity contribution in [2.75, 3.05) is 6.54 Å². The Kier molecular flexibility index (Phi) is 3.79. The third-order valence-corrected chi connectivity index (χ3v) is 3.98. The van der Waals surface area contributed by atoms with E-state index in [1.807, 2.05) is 0 Å². The maximum Gasteiger partial charge on any atom is 0.307 e. The number of amides is 1. The number of rotatable bonds is 5. The van der Waals surface area contributed by atoms with Gasteiger partial charge in [-0.15, -0.1) is 0 Å². The summed E-state index contributed by atoms with van der Waals surface area (Å²) in [6.07, 6.45) is 0.522. The maximum atomic E-state index is 13.0. The van der Waals surface area contributed by atoms with Crippen LogP contribution in [0.5, 0.6) is 0 Å². The van der Waals surface area contributed by atoms with Gasteiger partial charge in [-0.25, -0.2) is 4.39 Å². The van der Waals surface area contributed by atoms with E-state index in [0.29, 0.717) is 13.0 Å². The molecule has 0 aliphatic heterocycles. The van der Waals surface area contributed by atoms with Crippen LogP contribution >= 0.6 is 0 Å². The smallest absolute Gasteiger partial charge is 0.307 e. The van der Waals surface area contributed by atoms with Gasteiger partial charge in [-0.05, 0) is 29.5 Å². The average molecular weight is 279 g/mol. The molecule has 0 heterocycles. The summed E-state index contributed by atoms with van der Waals surface area (Å²) in [5, 5.41) is 11.7. The highest BCUT2D eigenvalue weighted by Gasteiger charge is 2.65. The lowest BCUT2D eigenvalue weighted by Gasteiger charge is -2.06. The van der Waals surface area contributed by atoms with E-state index in [9.17, 15) is 14.0 Å². The highest BCUT2D eigenvalue weighted by atomic mass is 19.1. The Balaban J connectivity index is 1.84. The molecule has 2 atom stereocenters. The van der Waals surface area contributed by atoms with Gasteiger partial charge in [0.25, 0.3) is 0 Å². The molecule has 1 saturated carbocycles. The monoisotopic (exact) mass is 279 g/mol. The van der Waals surface area contributed by atoms with Gasteiger partial charge >= 0.3 is 5.97 Å². The van der Waals surface area contributed by atoms with Crippen molar-refractivity contribution >= 4 is 11.9 Å². The minimum absolute atomic E-state index is 0.237. The van der Waals surface area contributed by atoms with Crippen LogP contribution in [0.3, 0.4) is 0 Å². The first-order valence-corrected chi connectivity index (χ1v) is 6.59. The van der Waals surface area contributed by atoms with E-state index in [-0.39, 0.29) is 11.7 Å². The second-order valence-corrected chi connectivity index (χ2v) is 5.79. The van der Waals surface area contributed by atoms with Crippen LogP contribution in [0.2, 0.25) is 0 Å². The third-order valence-electron chi connectivity index (χ3n) is 3.98. The Hall–Kier alpha value is -1.91. The molecule has 0 spiro atoms. The molecule has 0 aromatic heterocycles. The van der Waals surface area contributed by atoms with Crippen molar-refractivity contribution < 1.29 is 19.1 Å². The fourth-order valence-corrected chi connectivity index (χ4v) is 2.72. The predicted octanol–water partition coefficient (Wildman–Crippen LogP) is 1.84. The zero-order chi connectivity index (χ0) is 14.9. The molecule has 4 nitrogen and oxygen atoms in total. The number of benzene rings is 1. The predicted molar refractivity (Wildman–Crippen MR) is 71.5 cm³/mol. The first kappa shape index (κ1) is 14.5. The van der Waals surface area contributed by atoms with E-state index in [4.69, 9.17) is 5.11 Å². The molecule has 108 valence electrons. The summed E-state index contributed by atoms with van der Waals surface area (Å²) in [5.41, 5.74) is 0.310. The van der Waals surface area contributed by atoms with Crippen LogP contribution in [0.15, 0.2) is 24.3 Å². The van der Waals surface area contributed by atoms with E-state index >= 15 is 0 Å². The van der Waals surface area contributed by atoms with Gasteiger partial charge < -0.3 is 10.4 Å². The molecule has 1 amide bonds. The lowest BCUT2D eigenvalue weighted by atomic mass is 10.1. The molecule has 1 aromatic rings. The number of carboxylic acid groups (broad SMARTS) is 1. The molecule has 0 unspecified atom stereocenters. The molecule has 2 rings (SSSR count). The minimum atomic E-state index is -0.930.